The first-order valence-electron chi connectivity index (χ1n) is 3.51. The van der Waals surface area contributed by atoms with Crippen molar-refractivity contribution in [3.8, 4) is 0 Å². The van der Waals surface area contributed by atoms with E-state index in [1.54, 1.807) is 6.92 Å². The summed E-state index contributed by atoms with van der Waals surface area (Å²) in [5.41, 5.74) is 0.448. The van der Waals surface area contributed by atoms with Crippen LogP contribution >= 0.6 is 0 Å². The maximum absolute atomic E-state index is 10.8. The van der Waals surface area contributed by atoms with Crippen molar-refractivity contribution in [3.05, 3.63) is 12.2 Å². The normalized spacial score (nSPS) is 9.00. The number of carbonyl (C=O) groups is 1. The first-order valence-corrected chi connectivity index (χ1v) is 3.51. The van der Waals surface area contributed by atoms with E-state index in [0.717, 1.165) is 6.54 Å². The standard InChI is InChI=1S/C8H15NO2.Sn/c1-7(2)8(10)11-6-5-9(3)4;/h1,5-6H2,2-4H3;. The Hall–Kier alpha value is -0.0313. The number of hydrogen-bond acceptors (Lipinski definition) is 3. The molecule has 0 heterocycles. The van der Waals surface area contributed by atoms with Crippen molar-refractivity contribution >= 4 is 29.9 Å². The predicted molar refractivity (Wildman–Crippen MR) is 50.1 cm³/mol. The third-order valence-corrected chi connectivity index (χ3v) is 1.12. The van der Waals surface area contributed by atoms with Crippen molar-refractivity contribution < 1.29 is 9.53 Å². The summed E-state index contributed by atoms with van der Waals surface area (Å²) in [4.78, 5) is 12.7. The Labute approximate surface area is 90.7 Å². The Morgan fingerprint density at radius 3 is 2.33 bits per heavy atom. The fourth-order valence-corrected chi connectivity index (χ4v) is 0.444. The zero-order chi connectivity index (χ0) is 8.85. The van der Waals surface area contributed by atoms with Gasteiger partial charge in [-0.1, -0.05) is 6.58 Å². The molecule has 0 bridgehead atoms. The Morgan fingerprint density at radius 1 is 1.50 bits per heavy atom. The molecule has 68 valence electrons. The van der Waals surface area contributed by atoms with Gasteiger partial charge >= 0.3 is 5.97 Å². The number of esters is 1. The van der Waals surface area contributed by atoms with Crippen LogP contribution in [0.1, 0.15) is 6.92 Å². The second-order valence-electron chi connectivity index (χ2n) is 2.72. The van der Waals surface area contributed by atoms with Crippen LogP contribution in [0.4, 0.5) is 0 Å². The summed E-state index contributed by atoms with van der Waals surface area (Å²) in [5.74, 6) is -0.313. The maximum atomic E-state index is 10.8. The van der Waals surface area contributed by atoms with Crippen LogP contribution in [-0.2, 0) is 9.53 Å². The fraction of sp³-hybridized carbons (Fsp3) is 0.625. The molecular weight excluding hydrogens is 261 g/mol. The molecule has 0 saturated carbocycles. The van der Waals surface area contributed by atoms with Crippen LogP contribution in [0.2, 0.25) is 0 Å². The minimum absolute atomic E-state index is 0. The summed E-state index contributed by atoms with van der Waals surface area (Å²) >= 11 is 0. The average Bonchev–Trinajstić information content (AvgIpc) is 1.86. The van der Waals surface area contributed by atoms with Crippen LogP contribution in [0.25, 0.3) is 0 Å². The number of carbonyl (C=O) groups excluding carboxylic acids is 1. The molecule has 0 aromatic heterocycles. The molecule has 0 aromatic rings. The second kappa shape index (κ2) is 7.61. The van der Waals surface area contributed by atoms with E-state index in [-0.39, 0.29) is 29.9 Å². The van der Waals surface area contributed by atoms with Crippen LogP contribution in [0, 0.1) is 0 Å². The molecule has 4 radical (unpaired) electrons. The number of hydrogen-bond donors (Lipinski definition) is 0. The molecule has 12 heavy (non-hydrogen) atoms. The van der Waals surface area contributed by atoms with Gasteiger partial charge in [-0.15, -0.1) is 0 Å². The van der Waals surface area contributed by atoms with Gasteiger partial charge in [-0.3, -0.25) is 0 Å². The van der Waals surface area contributed by atoms with Crippen LogP contribution in [0.3, 0.4) is 0 Å². The number of ether oxygens (including phenoxy) is 1. The van der Waals surface area contributed by atoms with E-state index in [2.05, 4.69) is 6.58 Å². The zero-order valence-electron chi connectivity index (χ0n) is 7.89. The van der Waals surface area contributed by atoms with Gasteiger partial charge in [0.2, 0.25) is 0 Å². The molecule has 0 amide bonds. The van der Waals surface area contributed by atoms with Gasteiger partial charge in [-0.05, 0) is 21.0 Å². The van der Waals surface area contributed by atoms with Crippen molar-refractivity contribution in [1.82, 2.24) is 4.90 Å². The topological polar surface area (TPSA) is 29.5 Å². The van der Waals surface area contributed by atoms with E-state index in [1.807, 2.05) is 19.0 Å². The van der Waals surface area contributed by atoms with E-state index >= 15 is 0 Å². The molecule has 0 fully saturated rings. The SMILES string of the molecule is C=C(C)C(=O)OCCN(C)C.[Sn]. The Morgan fingerprint density at radius 2 is 2.00 bits per heavy atom. The fourth-order valence-electron chi connectivity index (χ4n) is 0.444. The van der Waals surface area contributed by atoms with Gasteiger partial charge in [0.1, 0.15) is 6.61 Å². The Kier molecular flexibility index (Phi) is 9.19. The minimum atomic E-state index is -0.313. The summed E-state index contributed by atoms with van der Waals surface area (Å²) in [6, 6.07) is 0. The molecule has 0 N–H and O–H groups in total. The third kappa shape index (κ3) is 8.07. The molecule has 0 aliphatic carbocycles. The summed E-state index contributed by atoms with van der Waals surface area (Å²) in [6.07, 6.45) is 0. The van der Waals surface area contributed by atoms with E-state index in [0.29, 0.717) is 12.2 Å². The van der Waals surface area contributed by atoms with Crippen molar-refractivity contribution in [2.45, 2.75) is 6.92 Å². The maximum Gasteiger partial charge on any atom is 0.333 e. The van der Waals surface area contributed by atoms with Crippen LogP contribution in [0.5, 0.6) is 0 Å². The molecule has 0 unspecified atom stereocenters. The molecule has 3 nitrogen and oxygen atoms in total. The van der Waals surface area contributed by atoms with Gasteiger partial charge in [-0.25, -0.2) is 4.79 Å². The van der Waals surface area contributed by atoms with E-state index in [9.17, 15) is 4.79 Å². The van der Waals surface area contributed by atoms with Crippen molar-refractivity contribution in [3.63, 3.8) is 0 Å². The zero-order valence-corrected chi connectivity index (χ0v) is 10.7. The molecule has 0 atom stereocenters. The molecule has 0 saturated heterocycles. The van der Waals surface area contributed by atoms with Gasteiger partial charge in [0.25, 0.3) is 0 Å². The van der Waals surface area contributed by atoms with Gasteiger partial charge < -0.3 is 9.64 Å². The minimum Gasteiger partial charge on any atom is -0.461 e. The summed E-state index contributed by atoms with van der Waals surface area (Å²) in [6.45, 7) is 6.28. The molecular formula is C8H15NO2Sn. The van der Waals surface area contributed by atoms with Crippen molar-refractivity contribution in [1.29, 1.82) is 0 Å². The van der Waals surface area contributed by atoms with Gasteiger partial charge in [0.15, 0.2) is 0 Å². The molecule has 0 aliphatic rings. The molecule has 0 aliphatic heterocycles. The van der Waals surface area contributed by atoms with Crippen LogP contribution < -0.4 is 0 Å². The Balaban J connectivity index is 0. The average molecular weight is 276 g/mol. The van der Waals surface area contributed by atoms with Gasteiger partial charge in [-0.2, -0.15) is 0 Å². The first-order chi connectivity index (χ1) is 5.04. The number of nitrogens with zero attached hydrogens (tertiary/aromatic N) is 1. The molecule has 0 rings (SSSR count). The first kappa shape index (κ1) is 14.5. The molecule has 4 heteroatoms. The molecule has 0 spiro atoms. The third-order valence-electron chi connectivity index (χ3n) is 1.12. The second-order valence-corrected chi connectivity index (χ2v) is 2.72. The summed E-state index contributed by atoms with van der Waals surface area (Å²) in [5, 5.41) is 0. The summed E-state index contributed by atoms with van der Waals surface area (Å²) < 4.78 is 4.83. The van der Waals surface area contributed by atoms with Crippen LogP contribution in [0.15, 0.2) is 12.2 Å². The van der Waals surface area contributed by atoms with E-state index in [4.69, 9.17) is 4.74 Å². The number of rotatable bonds is 4. The monoisotopic (exact) mass is 277 g/mol. The van der Waals surface area contributed by atoms with Crippen molar-refractivity contribution in [2.75, 3.05) is 27.2 Å². The Bertz CT molecular complexity index is 157. The quantitative estimate of drug-likeness (QED) is 0.420. The summed E-state index contributed by atoms with van der Waals surface area (Å²) in [7, 11) is 3.85. The number of likely N-dealkylation sites (N-methyl/N-ethyl adjacent to an activating group) is 1. The van der Waals surface area contributed by atoms with Crippen LogP contribution in [-0.4, -0.2) is 62.0 Å². The smallest absolute Gasteiger partial charge is 0.333 e. The van der Waals surface area contributed by atoms with E-state index < -0.39 is 0 Å². The molecule has 0 aromatic carbocycles. The predicted octanol–water partition coefficient (Wildman–Crippen LogP) is 0.286. The van der Waals surface area contributed by atoms with Gasteiger partial charge in [0, 0.05) is 36.0 Å². The van der Waals surface area contributed by atoms with E-state index in [1.165, 1.54) is 0 Å². The largest absolute Gasteiger partial charge is 0.461 e. The van der Waals surface area contributed by atoms with Gasteiger partial charge in [0.05, 0.1) is 0 Å². The van der Waals surface area contributed by atoms with Crippen molar-refractivity contribution in [2.24, 2.45) is 0 Å².